The fraction of sp³-hybridized carbons (Fsp3) is 0. The third kappa shape index (κ3) is 5.95. The van der Waals surface area contributed by atoms with Crippen molar-refractivity contribution >= 4 is 85.1 Å². The van der Waals surface area contributed by atoms with Crippen LogP contribution < -0.4 is 0 Å². The lowest BCUT2D eigenvalue weighted by molar-refractivity contribution is 0.669. The Labute approximate surface area is 368 Å². The zero-order valence-corrected chi connectivity index (χ0v) is 35.0. The molecule has 0 fully saturated rings. The van der Waals surface area contributed by atoms with Gasteiger partial charge in [-0.3, -0.25) is 0 Å². The smallest absolute Gasteiger partial charge is 0.164 e. The second-order valence-electron chi connectivity index (χ2n) is 15.6. The average molecular weight is 842 g/mol. The summed E-state index contributed by atoms with van der Waals surface area (Å²) in [7, 11) is 0. The van der Waals surface area contributed by atoms with Crippen LogP contribution in [0.15, 0.2) is 192 Å². The summed E-state index contributed by atoms with van der Waals surface area (Å²) in [5, 5.41) is 5.51. The lowest BCUT2D eigenvalue weighted by atomic mass is 10.0. The highest BCUT2D eigenvalue weighted by Crippen LogP contribution is 2.43. The zero-order valence-electron chi connectivity index (χ0n) is 33.4. The Morgan fingerprint density at radius 3 is 1.76 bits per heavy atom. The Bertz CT molecular complexity index is 3930. The minimum atomic E-state index is 0.559. The van der Waals surface area contributed by atoms with Gasteiger partial charge in [0.05, 0.1) is 15.9 Å². The molecule has 0 radical (unpaired) electrons. The summed E-state index contributed by atoms with van der Waals surface area (Å²) >= 11 is 3.56. The largest absolute Gasteiger partial charge is 0.456 e. The summed E-state index contributed by atoms with van der Waals surface area (Å²) in [6.07, 6.45) is 0. The molecule has 8 heteroatoms. The Hall–Kier alpha value is -7.91. The summed E-state index contributed by atoms with van der Waals surface area (Å²) in [4.78, 5) is 26.1. The fourth-order valence-electron chi connectivity index (χ4n) is 8.81. The van der Waals surface area contributed by atoms with E-state index in [4.69, 9.17) is 29.3 Å². The molecule has 0 amide bonds. The van der Waals surface area contributed by atoms with Gasteiger partial charge in [-0.1, -0.05) is 146 Å². The first-order chi connectivity index (χ1) is 31.2. The van der Waals surface area contributed by atoms with Crippen molar-refractivity contribution in [3.8, 4) is 67.9 Å². The van der Waals surface area contributed by atoms with E-state index in [9.17, 15) is 0 Å². The van der Waals surface area contributed by atoms with Crippen molar-refractivity contribution in [2.45, 2.75) is 0 Å². The van der Waals surface area contributed by atoms with Gasteiger partial charge in [0.25, 0.3) is 0 Å². The highest BCUT2D eigenvalue weighted by molar-refractivity contribution is 7.26. The van der Waals surface area contributed by atoms with Gasteiger partial charge in [0, 0.05) is 68.8 Å². The maximum absolute atomic E-state index is 6.56. The molecule has 0 bridgehead atoms. The van der Waals surface area contributed by atoms with E-state index in [1.807, 2.05) is 65.9 Å². The van der Waals surface area contributed by atoms with Crippen LogP contribution >= 0.6 is 22.7 Å². The summed E-state index contributed by atoms with van der Waals surface area (Å²) < 4.78 is 11.4. The van der Waals surface area contributed by atoms with E-state index < -0.39 is 0 Å². The Morgan fingerprint density at radius 1 is 0.333 bits per heavy atom. The molecule has 6 nitrogen and oxygen atoms in total. The number of rotatable bonds is 6. The first kappa shape index (κ1) is 35.8. The molecule has 294 valence electrons. The first-order valence-corrected chi connectivity index (χ1v) is 22.4. The van der Waals surface area contributed by atoms with Gasteiger partial charge in [-0.15, -0.1) is 22.7 Å². The quantitative estimate of drug-likeness (QED) is 0.166. The molecule has 0 aliphatic rings. The highest BCUT2D eigenvalue weighted by Gasteiger charge is 2.21. The van der Waals surface area contributed by atoms with Crippen LogP contribution in [-0.2, 0) is 0 Å². The lowest BCUT2D eigenvalue weighted by Crippen LogP contribution is -2.00. The molecule has 0 aliphatic carbocycles. The SMILES string of the molecule is c1ccc(-c2nc(-c3cccc(-c4cccc5c4sc4ccccc45)c3)nc(-c3cccc4oc5ccc(-c6nc(-c7ccccc7)c7sc8ccccc8c7n6)cc5c34)n2)cc1. The van der Waals surface area contributed by atoms with E-state index in [2.05, 4.69) is 133 Å². The Balaban J connectivity index is 0.989. The molecule has 63 heavy (non-hydrogen) atoms. The first-order valence-electron chi connectivity index (χ1n) is 20.7. The lowest BCUT2D eigenvalue weighted by Gasteiger charge is -2.11. The van der Waals surface area contributed by atoms with Crippen molar-refractivity contribution in [2.75, 3.05) is 0 Å². The van der Waals surface area contributed by atoms with Crippen LogP contribution in [0.25, 0.3) is 130 Å². The van der Waals surface area contributed by atoms with Crippen LogP contribution in [0.2, 0.25) is 0 Å². The Kier molecular flexibility index (Phi) is 8.15. The standard InChI is InChI=1S/C55H31N5OS2/c1-3-14-32(15-4-1)48-51-49(40-21-8-10-27-46(40)63-51)57-53(56-48)36-28-29-43-42(31-36)47-41(24-13-25-44(47)61-43)55-59-52(33-16-5-2-6-17-33)58-54(60-55)35-19-11-18-34(30-35)37-22-12-23-39-38-20-7-9-26-45(38)62-50(37)39/h1-31H. The molecule has 8 aromatic carbocycles. The maximum atomic E-state index is 6.56. The molecule has 0 spiro atoms. The predicted octanol–water partition coefficient (Wildman–Crippen LogP) is 15.3. The molecule has 0 N–H and O–H groups in total. The van der Waals surface area contributed by atoms with E-state index in [1.165, 1.54) is 30.4 Å². The van der Waals surface area contributed by atoms with Gasteiger partial charge in [-0.25, -0.2) is 24.9 Å². The third-order valence-corrected chi connectivity index (χ3v) is 14.2. The summed E-state index contributed by atoms with van der Waals surface area (Å²) in [6, 6.07) is 65.0. The number of thiophene rings is 2. The fourth-order valence-corrected chi connectivity index (χ4v) is 11.2. The van der Waals surface area contributed by atoms with Crippen LogP contribution in [0.3, 0.4) is 0 Å². The van der Waals surface area contributed by atoms with E-state index in [1.54, 1.807) is 11.3 Å². The van der Waals surface area contributed by atoms with Crippen molar-refractivity contribution in [3.63, 3.8) is 0 Å². The number of hydrogen-bond acceptors (Lipinski definition) is 8. The van der Waals surface area contributed by atoms with E-state index >= 15 is 0 Å². The van der Waals surface area contributed by atoms with Crippen LogP contribution in [-0.4, -0.2) is 24.9 Å². The van der Waals surface area contributed by atoms with Crippen molar-refractivity contribution in [1.29, 1.82) is 0 Å². The molecule has 0 aliphatic heterocycles. The van der Waals surface area contributed by atoms with E-state index in [0.717, 1.165) is 76.6 Å². The van der Waals surface area contributed by atoms with E-state index in [-0.39, 0.29) is 0 Å². The normalized spacial score (nSPS) is 11.8. The molecule has 0 saturated heterocycles. The van der Waals surface area contributed by atoms with Crippen molar-refractivity contribution in [1.82, 2.24) is 24.9 Å². The second kappa shape index (κ2) is 14.3. The van der Waals surface area contributed by atoms with Gasteiger partial charge < -0.3 is 4.42 Å². The summed E-state index contributed by atoms with van der Waals surface area (Å²) in [6.45, 7) is 0. The number of aromatic nitrogens is 5. The third-order valence-electron chi connectivity index (χ3n) is 11.8. The van der Waals surface area contributed by atoms with Gasteiger partial charge in [0.1, 0.15) is 11.2 Å². The molecule has 13 aromatic rings. The molecular weight excluding hydrogens is 811 g/mol. The summed E-state index contributed by atoms with van der Waals surface area (Å²) in [5.74, 6) is 2.39. The average Bonchev–Trinajstić information content (AvgIpc) is 4.05. The Morgan fingerprint density at radius 2 is 0.921 bits per heavy atom. The molecule has 5 heterocycles. The number of benzene rings is 8. The molecular formula is C55H31N5OS2. The summed E-state index contributed by atoms with van der Waals surface area (Å²) in [5.41, 5.74) is 10.3. The molecule has 5 aromatic heterocycles. The van der Waals surface area contributed by atoms with Crippen LogP contribution in [0.5, 0.6) is 0 Å². The molecule has 0 saturated carbocycles. The molecule has 13 rings (SSSR count). The minimum Gasteiger partial charge on any atom is -0.456 e. The van der Waals surface area contributed by atoms with Gasteiger partial charge in [0.2, 0.25) is 0 Å². The monoisotopic (exact) mass is 841 g/mol. The van der Waals surface area contributed by atoms with Gasteiger partial charge in [-0.2, -0.15) is 0 Å². The van der Waals surface area contributed by atoms with Crippen molar-refractivity contribution < 1.29 is 4.42 Å². The van der Waals surface area contributed by atoms with E-state index in [0.29, 0.717) is 23.3 Å². The van der Waals surface area contributed by atoms with Crippen molar-refractivity contribution in [3.05, 3.63) is 188 Å². The topological polar surface area (TPSA) is 77.6 Å². The minimum absolute atomic E-state index is 0.559. The predicted molar refractivity (Wildman–Crippen MR) is 261 cm³/mol. The molecule has 0 atom stereocenters. The van der Waals surface area contributed by atoms with Gasteiger partial charge in [0.15, 0.2) is 23.3 Å². The highest BCUT2D eigenvalue weighted by atomic mass is 32.1. The van der Waals surface area contributed by atoms with Crippen LogP contribution in [0.1, 0.15) is 0 Å². The van der Waals surface area contributed by atoms with Crippen LogP contribution in [0.4, 0.5) is 0 Å². The number of hydrogen-bond donors (Lipinski definition) is 0. The second-order valence-corrected chi connectivity index (χ2v) is 17.7. The number of fused-ring (bicyclic) bond motifs is 9. The maximum Gasteiger partial charge on any atom is 0.164 e. The van der Waals surface area contributed by atoms with Gasteiger partial charge in [-0.05, 0) is 53.6 Å². The molecule has 0 unspecified atom stereocenters. The zero-order chi connectivity index (χ0) is 41.4. The number of nitrogens with zero attached hydrogens (tertiary/aromatic N) is 5. The van der Waals surface area contributed by atoms with Crippen LogP contribution in [0, 0.1) is 0 Å². The van der Waals surface area contributed by atoms with Gasteiger partial charge >= 0.3 is 0 Å². The number of furan rings is 1. The van der Waals surface area contributed by atoms with Crippen molar-refractivity contribution in [2.24, 2.45) is 0 Å².